The minimum atomic E-state index is -1.75. The molecule has 0 unspecified atom stereocenters. The average molecular weight is 435 g/mol. The van der Waals surface area contributed by atoms with Crippen molar-refractivity contribution in [1.29, 1.82) is 0 Å². The van der Waals surface area contributed by atoms with Crippen LogP contribution < -0.4 is 0 Å². The molecule has 0 aliphatic heterocycles. The Labute approximate surface area is 180 Å². The normalized spacial score (nSPS) is 15.3. The van der Waals surface area contributed by atoms with Crippen LogP contribution in [0.15, 0.2) is 0 Å². The monoisotopic (exact) mass is 434 g/mol. The molecule has 0 saturated carbocycles. The lowest BCUT2D eigenvalue weighted by atomic mass is 10.0. The molecule has 30 heavy (non-hydrogen) atoms. The minimum Gasteiger partial charge on any atom is -0.463 e. The van der Waals surface area contributed by atoms with E-state index in [9.17, 15) is 30.0 Å². The maximum atomic E-state index is 11.6. The van der Waals surface area contributed by atoms with Crippen molar-refractivity contribution < 1.29 is 39.5 Å². The van der Waals surface area contributed by atoms with Gasteiger partial charge in [0, 0.05) is 12.8 Å². The SMILES string of the molecule is CCCCCCCC(=O)OC[C@@H](O)[C@H](O)[C@@H](O)[C@@H](O)COC(=O)CCCCCCC. The van der Waals surface area contributed by atoms with Crippen LogP contribution >= 0.6 is 0 Å². The van der Waals surface area contributed by atoms with Gasteiger partial charge in [0.1, 0.15) is 37.6 Å². The molecule has 8 nitrogen and oxygen atoms in total. The Morgan fingerprint density at radius 3 is 1.27 bits per heavy atom. The lowest BCUT2D eigenvalue weighted by Gasteiger charge is -2.26. The molecule has 4 N–H and O–H groups in total. The van der Waals surface area contributed by atoms with Crippen LogP contribution in [0.3, 0.4) is 0 Å². The third-order valence-corrected chi connectivity index (χ3v) is 4.94. The molecule has 0 spiro atoms. The number of unbranched alkanes of at least 4 members (excludes halogenated alkanes) is 8. The number of carbonyl (C=O) groups is 2. The molecule has 0 fully saturated rings. The molecule has 178 valence electrons. The Morgan fingerprint density at radius 2 is 0.933 bits per heavy atom. The number of hydrogen-bond donors (Lipinski definition) is 4. The van der Waals surface area contributed by atoms with Crippen LogP contribution in [-0.4, -0.2) is 70.0 Å². The van der Waals surface area contributed by atoms with Gasteiger partial charge < -0.3 is 29.9 Å². The fourth-order valence-electron chi connectivity index (χ4n) is 2.90. The number of hydrogen-bond acceptors (Lipinski definition) is 8. The number of rotatable bonds is 19. The number of esters is 2. The van der Waals surface area contributed by atoms with Crippen LogP contribution in [0.25, 0.3) is 0 Å². The highest BCUT2D eigenvalue weighted by atomic mass is 16.5. The van der Waals surface area contributed by atoms with Crippen molar-refractivity contribution in [2.24, 2.45) is 0 Å². The predicted octanol–water partition coefficient (Wildman–Crippen LogP) is 2.24. The fourth-order valence-corrected chi connectivity index (χ4v) is 2.90. The summed E-state index contributed by atoms with van der Waals surface area (Å²) in [7, 11) is 0. The molecule has 0 aliphatic rings. The number of ether oxygens (including phenoxy) is 2. The summed E-state index contributed by atoms with van der Waals surface area (Å²) in [6.07, 6.45) is 3.66. The van der Waals surface area contributed by atoms with E-state index >= 15 is 0 Å². The lowest BCUT2D eigenvalue weighted by molar-refractivity contribution is -0.162. The number of aliphatic hydroxyl groups is 4. The molecule has 0 amide bonds. The van der Waals surface area contributed by atoms with E-state index in [1.807, 2.05) is 0 Å². The quantitative estimate of drug-likeness (QED) is 0.180. The molecule has 0 aromatic heterocycles. The van der Waals surface area contributed by atoms with E-state index < -0.39 is 49.6 Å². The fraction of sp³-hybridized carbons (Fsp3) is 0.909. The van der Waals surface area contributed by atoms with E-state index in [0.717, 1.165) is 51.4 Å². The van der Waals surface area contributed by atoms with Gasteiger partial charge >= 0.3 is 11.9 Å². The molecule has 8 heteroatoms. The first kappa shape index (κ1) is 28.8. The van der Waals surface area contributed by atoms with Gasteiger partial charge in [-0.05, 0) is 12.8 Å². The van der Waals surface area contributed by atoms with Crippen LogP contribution in [0.4, 0.5) is 0 Å². The first-order chi connectivity index (χ1) is 14.3. The van der Waals surface area contributed by atoms with Gasteiger partial charge in [-0.25, -0.2) is 0 Å². The van der Waals surface area contributed by atoms with Gasteiger partial charge in [-0.1, -0.05) is 65.2 Å². The highest BCUT2D eigenvalue weighted by molar-refractivity contribution is 5.69. The van der Waals surface area contributed by atoms with E-state index in [1.165, 1.54) is 0 Å². The number of aliphatic hydroxyl groups excluding tert-OH is 4. The zero-order valence-corrected chi connectivity index (χ0v) is 18.6. The van der Waals surface area contributed by atoms with Gasteiger partial charge in [0.25, 0.3) is 0 Å². The van der Waals surface area contributed by atoms with Gasteiger partial charge in [-0.2, -0.15) is 0 Å². The van der Waals surface area contributed by atoms with Crippen LogP contribution in [-0.2, 0) is 19.1 Å². The predicted molar refractivity (Wildman–Crippen MR) is 113 cm³/mol. The lowest BCUT2D eigenvalue weighted by Crippen LogP contribution is -2.48. The van der Waals surface area contributed by atoms with E-state index in [1.54, 1.807) is 0 Å². The van der Waals surface area contributed by atoms with E-state index in [2.05, 4.69) is 13.8 Å². The molecule has 0 saturated heterocycles. The molecule has 0 aromatic carbocycles. The molecule has 4 atom stereocenters. The second kappa shape index (κ2) is 18.5. The minimum absolute atomic E-state index is 0.228. The molecule has 0 heterocycles. The van der Waals surface area contributed by atoms with E-state index in [0.29, 0.717) is 12.8 Å². The number of carbonyl (C=O) groups excluding carboxylic acids is 2. The zero-order chi connectivity index (χ0) is 22.8. The summed E-state index contributed by atoms with van der Waals surface area (Å²) in [5.41, 5.74) is 0. The summed E-state index contributed by atoms with van der Waals surface area (Å²) in [5.74, 6) is -0.971. The Hall–Kier alpha value is -1.22. The summed E-state index contributed by atoms with van der Waals surface area (Å²) in [4.78, 5) is 23.3. The summed E-state index contributed by atoms with van der Waals surface area (Å²) < 4.78 is 9.81. The van der Waals surface area contributed by atoms with E-state index in [4.69, 9.17) is 9.47 Å². The smallest absolute Gasteiger partial charge is 0.305 e. The van der Waals surface area contributed by atoms with Crippen LogP contribution in [0.5, 0.6) is 0 Å². The van der Waals surface area contributed by atoms with E-state index in [-0.39, 0.29) is 12.8 Å². The Morgan fingerprint density at radius 1 is 0.600 bits per heavy atom. The van der Waals surface area contributed by atoms with Crippen molar-refractivity contribution in [3.8, 4) is 0 Å². The molecule has 0 radical (unpaired) electrons. The summed E-state index contributed by atoms with van der Waals surface area (Å²) in [6, 6.07) is 0. The first-order valence-electron chi connectivity index (χ1n) is 11.4. The third kappa shape index (κ3) is 14.7. The van der Waals surface area contributed by atoms with Crippen molar-refractivity contribution in [2.75, 3.05) is 13.2 Å². The van der Waals surface area contributed by atoms with Crippen molar-refractivity contribution in [2.45, 2.75) is 115 Å². The second-order valence-corrected chi connectivity index (χ2v) is 7.81. The van der Waals surface area contributed by atoms with Crippen LogP contribution in [0.1, 0.15) is 90.9 Å². The van der Waals surface area contributed by atoms with Crippen molar-refractivity contribution in [3.63, 3.8) is 0 Å². The molecular formula is C22H42O8. The standard InChI is InChI=1S/C22H42O8/c1-3-5-7-9-11-13-19(25)29-15-17(23)21(27)22(28)18(24)16-30-20(26)14-12-10-8-6-4-2/h17-18,21-24,27-28H,3-16H2,1-2H3/t17-,18+,21-,22-/m0/s1. The Kier molecular flexibility index (Phi) is 17.8. The first-order valence-corrected chi connectivity index (χ1v) is 11.4. The van der Waals surface area contributed by atoms with Crippen molar-refractivity contribution in [1.82, 2.24) is 0 Å². The molecule has 0 aliphatic carbocycles. The summed E-state index contributed by atoms with van der Waals surface area (Å²) >= 11 is 0. The third-order valence-electron chi connectivity index (χ3n) is 4.94. The topological polar surface area (TPSA) is 134 Å². The molecule has 0 aromatic rings. The summed E-state index contributed by atoms with van der Waals surface area (Å²) in [6.45, 7) is 3.23. The van der Waals surface area contributed by atoms with Gasteiger partial charge in [0.2, 0.25) is 0 Å². The van der Waals surface area contributed by atoms with Gasteiger partial charge in [-0.3, -0.25) is 9.59 Å². The molecule has 0 rings (SSSR count). The zero-order valence-electron chi connectivity index (χ0n) is 18.6. The molecular weight excluding hydrogens is 392 g/mol. The van der Waals surface area contributed by atoms with Crippen LogP contribution in [0, 0.1) is 0 Å². The summed E-state index contributed by atoms with van der Waals surface area (Å²) in [5, 5.41) is 39.7. The van der Waals surface area contributed by atoms with Crippen molar-refractivity contribution in [3.05, 3.63) is 0 Å². The average Bonchev–Trinajstić information content (AvgIpc) is 2.74. The Balaban J connectivity index is 4.02. The van der Waals surface area contributed by atoms with Crippen LogP contribution in [0.2, 0.25) is 0 Å². The maximum absolute atomic E-state index is 11.6. The largest absolute Gasteiger partial charge is 0.463 e. The van der Waals surface area contributed by atoms with Gasteiger partial charge in [0.15, 0.2) is 0 Å². The highest BCUT2D eigenvalue weighted by Crippen LogP contribution is 2.10. The maximum Gasteiger partial charge on any atom is 0.305 e. The van der Waals surface area contributed by atoms with Crippen molar-refractivity contribution >= 4 is 11.9 Å². The highest BCUT2D eigenvalue weighted by Gasteiger charge is 2.31. The van der Waals surface area contributed by atoms with Gasteiger partial charge in [0.05, 0.1) is 0 Å². The Bertz CT molecular complexity index is 403. The molecule has 0 bridgehead atoms. The second-order valence-electron chi connectivity index (χ2n) is 7.81. The van der Waals surface area contributed by atoms with Gasteiger partial charge in [-0.15, -0.1) is 0 Å².